The number of nitrogens with one attached hydrogen (secondary N) is 2. The lowest BCUT2D eigenvalue weighted by atomic mass is 9.89. The second-order valence-electron chi connectivity index (χ2n) is 6.73. The van der Waals surface area contributed by atoms with Crippen molar-refractivity contribution >= 4 is 44.2 Å². The van der Waals surface area contributed by atoms with E-state index in [0.29, 0.717) is 27.4 Å². The number of rotatable bonds is 5. The molecule has 1 heterocycles. The summed E-state index contributed by atoms with van der Waals surface area (Å²) in [7, 11) is -2.19. The minimum Gasteiger partial charge on any atom is -0.469 e. The van der Waals surface area contributed by atoms with E-state index < -0.39 is 16.0 Å². The zero-order chi connectivity index (χ0) is 20.6. The fraction of sp³-hybridized carbons (Fsp3) is 0.250. The highest BCUT2D eigenvalue weighted by molar-refractivity contribution is 7.92. The van der Waals surface area contributed by atoms with Crippen molar-refractivity contribution in [2.24, 2.45) is 0 Å². The molecule has 0 atom stereocenters. The number of carbonyl (C=O) groups is 1. The minimum absolute atomic E-state index is 0.0128. The van der Waals surface area contributed by atoms with E-state index in [1.54, 1.807) is 19.1 Å². The Morgan fingerprint density at radius 3 is 2.43 bits per heavy atom. The smallest absolute Gasteiger partial charge is 0.310 e. The summed E-state index contributed by atoms with van der Waals surface area (Å²) in [5.41, 5.74) is 5.05. The van der Waals surface area contributed by atoms with Crippen LogP contribution in [0.4, 0.5) is 5.69 Å². The molecule has 2 N–H and O–H groups in total. The molecular formula is C20H21ClN2O4S. The van der Waals surface area contributed by atoms with Gasteiger partial charge in [0.05, 0.1) is 31.0 Å². The first-order valence-electron chi connectivity index (χ1n) is 8.56. The first-order valence-corrected chi connectivity index (χ1v) is 10.8. The summed E-state index contributed by atoms with van der Waals surface area (Å²) in [6.45, 7) is 3.69. The molecule has 0 unspecified atom stereocenters. The molecule has 28 heavy (non-hydrogen) atoms. The number of anilines is 1. The van der Waals surface area contributed by atoms with Crippen LogP contribution in [-0.4, -0.2) is 32.7 Å². The predicted molar refractivity (Wildman–Crippen MR) is 112 cm³/mol. The van der Waals surface area contributed by atoms with Crippen LogP contribution >= 0.6 is 11.6 Å². The standard InChI is InChI=1S/C20H21ClN2O4S/c1-11-9-16-18(13-5-7-14(21)8-6-13)15(10-17(24)27-3)12(2)19(20(16)22-11)23-28(4,25)26/h5-9,22-23H,10H2,1-4H3. The summed E-state index contributed by atoms with van der Waals surface area (Å²) >= 11 is 6.04. The number of halogens is 1. The van der Waals surface area contributed by atoms with Gasteiger partial charge < -0.3 is 9.72 Å². The van der Waals surface area contributed by atoms with E-state index in [9.17, 15) is 13.2 Å². The number of benzene rings is 2. The van der Waals surface area contributed by atoms with Crippen molar-refractivity contribution in [3.8, 4) is 11.1 Å². The molecule has 0 aliphatic heterocycles. The number of H-pyrrole nitrogens is 1. The average Bonchev–Trinajstić information content (AvgIpc) is 3.00. The third-order valence-corrected chi connectivity index (χ3v) is 5.40. The van der Waals surface area contributed by atoms with Crippen molar-refractivity contribution in [2.45, 2.75) is 20.3 Å². The number of ether oxygens (including phenoxy) is 1. The van der Waals surface area contributed by atoms with Crippen molar-refractivity contribution < 1.29 is 17.9 Å². The molecule has 0 aliphatic carbocycles. The summed E-state index contributed by atoms with van der Waals surface area (Å²) in [6, 6.07) is 9.25. The van der Waals surface area contributed by atoms with E-state index in [0.717, 1.165) is 28.5 Å². The Labute approximate surface area is 168 Å². The van der Waals surface area contributed by atoms with Gasteiger partial charge in [-0.15, -0.1) is 0 Å². The highest BCUT2D eigenvalue weighted by atomic mass is 35.5. The lowest BCUT2D eigenvalue weighted by Crippen LogP contribution is -2.14. The van der Waals surface area contributed by atoms with Gasteiger partial charge in [-0.05, 0) is 54.3 Å². The summed E-state index contributed by atoms with van der Waals surface area (Å²) < 4.78 is 31.4. The topological polar surface area (TPSA) is 88.3 Å². The molecule has 0 saturated heterocycles. The number of hydrogen-bond donors (Lipinski definition) is 2. The van der Waals surface area contributed by atoms with Crippen molar-refractivity contribution in [3.63, 3.8) is 0 Å². The van der Waals surface area contributed by atoms with Gasteiger partial charge in [0.2, 0.25) is 10.0 Å². The van der Waals surface area contributed by atoms with E-state index in [1.165, 1.54) is 7.11 Å². The highest BCUT2D eigenvalue weighted by Crippen LogP contribution is 2.41. The van der Waals surface area contributed by atoms with Crippen LogP contribution in [0.25, 0.3) is 22.0 Å². The average molecular weight is 421 g/mol. The zero-order valence-electron chi connectivity index (χ0n) is 16.0. The molecule has 0 spiro atoms. The molecule has 6 nitrogen and oxygen atoms in total. The van der Waals surface area contributed by atoms with E-state index >= 15 is 0 Å². The number of esters is 1. The number of aromatic amines is 1. The number of carbonyl (C=O) groups excluding carboxylic acids is 1. The number of aryl methyl sites for hydroxylation is 1. The molecule has 0 radical (unpaired) electrons. The van der Waals surface area contributed by atoms with Gasteiger partial charge in [-0.25, -0.2) is 8.42 Å². The summed E-state index contributed by atoms with van der Waals surface area (Å²) in [4.78, 5) is 15.4. The Hall–Kier alpha value is -2.51. The number of methoxy groups -OCH3 is 1. The van der Waals surface area contributed by atoms with Crippen LogP contribution in [-0.2, 0) is 26.0 Å². The van der Waals surface area contributed by atoms with Crippen LogP contribution in [0.3, 0.4) is 0 Å². The van der Waals surface area contributed by atoms with E-state index in [1.807, 2.05) is 25.1 Å². The quantitative estimate of drug-likeness (QED) is 0.605. The lowest BCUT2D eigenvalue weighted by molar-refractivity contribution is -0.139. The second kappa shape index (κ2) is 7.48. The van der Waals surface area contributed by atoms with Crippen LogP contribution < -0.4 is 4.72 Å². The van der Waals surface area contributed by atoms with Crippen LogP contribution in [0, 0.1) is 13.8 Å². The molecule has 0 bridgehead atoms. The summed E-state index contributed by atoms with van der Waals surface area (Å²) in [5.74, 6) is -0.407. The SMILES string of the molecule is COC(=O)Cc1c(C)c(NS(C)(=O)=O)c2[nH]c(C)cc2c1-c1ccc(Cl)cc1. The molecule has 148 valence electrons. The number of fused-ring (bicyclic) bond motifs is 1. The van der Waals surface area contributed by atoms with Gasteiger partial charge in [0.15, 0.2) is 0 Å². The van der Waals surface area contributed by atoms with E-state index in [-0.39, 0.29) is 6.42 Å². The van der Waals surface area contributed by atoms with Crippen LogP contribution in [0.5, 0.6) is 0 Å². The number of sulfonamides is 1. The monoisotopic (exact) mass is 420 g/mol. The molecule has 3 rings (SSSR count). The fourth-order valence-electron chi connectivity index (χ4n) is 3.37. The number of aromatic nitrogens is 1. The Morgan fingerprint density at radius 1 is 1.21 bits per heavy atom. The van der Waals surface area contributed by atoms with Crippen LogP contribution in [0.2, 0.25) is 5.02 Å². The largest absolute Gasteiger partial charge is 0.469 e. The lowest BCUT2D eigenvalue weighted by Gasteiger charge is -2.19. The van der Waals surface area contributed by atoms with Crippen LogP contribution in [0.1, 0.15) is 16.8 Å². The maximum Gasteiger partial charge on any atom is 0.310 e. The maximum atomic E-state index is 12.1. The predicted octanol–water partition coefficient (Wildman–Crippen LogP) is 4.19. The molecule has 8 heteroatoms. The molecular weight excluding hydrogens is 400 g/mol. The van der Waals surface area contributed by atoms with Crippen molar-refractivity contribution in [1.29, 1.82) is 0 Å². The third-order valence-electron chi connectivity index (χ3n) is 4.57. The van der Waals surface area contributed by atoms with Gasteiger partial charge in [0.1, 0.15) is 0 Å². The van der Waals surface area contributed by atoms with E-state index in [2.05, 4.69) is 9.71 Å². The first-order chi connectivity index (χ1) is 13.1. The second-order valence-corrected chi connectivity index (χ2v) is 8.91. The van der Waals surface area contributed by atoms with Gasteiger partial charge in [-0.3, -0.25) is 9.52 Å². The van der Waals surface area contributed by atoms with Gasteiger partial charge >= 0.3 is 5.97 Å². The molecule has 0 amide bonds. The minimum atomic E-state index is -3.52. The van der Waals surface area contributed by atoms with Crippen molar-refractivity contribution in [1.82, 2.24) is 4.98 Å². The molecule has 1 aromatic heterocycles. The normalized spacial score (nSPS) is 11.6. The summed E-state index contributed by atoms with van der Waals surface area (Å²) in [6.07, 6.45) is 1.11. The Kier molecular flexibility index (Phi) is 5.41. The first kappa shape index (κ1) is 20.2. The fourth-order valence-corrected chi connectivity index (χ4v) is 4.12. The molecule has 0 fully saturated rings. The molecule has 2 aromatic carbocycles. The maximum absolute atomic E-state index is 12.1. The van der Waals surface area contributed by atoms with Gasteiger partial charge in [-0.2, -0.15) is 0 Å². The van der Waals surface area contributed by atoms with Gasteiger partial charge in [-0.1, -0.05) is 23.7 Å². The Balaban J connectivity index is 2.42. The van der Waals surface area contributed by atoms with Gasteiger partial charge in [0.25, 0.3) is 0 Å². The Morgan fingerprint density at radius 2 is 1.86 bits per heavy atom. The summed E-state index contributed by atoms with van der Waals surface area (Å²) in [5, 5.41) is 1.42. The van der Waals surface area contributed by atoms with E-state index in [4.69, 9.17) is 16.3 Å². The highest BCUT2D eigenvalue weighted by Gasteiger charge is 2.23. The molecule has 0 aliphatic rings. The van der Waals surface area contributed by atoms with Gasteiger partial charge in [0, 0.05) is 16.1 Å². The molecule has 0 saturated carbocycles. The Bertz CT molecular complexity index is 1170. The zero-order valence-corrected chi connectivity index (χ0v) is 17.6. The van der Waals surface area contributed by atoms with Crippen molar-refractivity contribution in [3.05, 3.63) is 52.2 Å². The number of hydrogen-bond acceptors (Lipinski definition) is 4. The van der Waals surface area contributed by atoms with Crippen LogP contribution in [0.15, 0.2) is 30.3 Å². The molecule has 3 aromatic rings. The van der Waals surface area contributed by atoms with Crippen molar-refractivity contribution in [2.75, 3.05) is 18.1 Å². The third kappa shape index (κ3) is 4.00.